The van der Waals surface area contributed by atoms with E-state index in [2.05, 4.69) is 15.3 Å². The first kappa shape index (κ1) is 24.6. The number of halogens is 2. The molecule has 1 aliphatic rings. The van der Waals surface area contributed by atoms with Crippen LogP contribution in [0.15, 0.2) is 54.9 Å². The molecule has 0 unspecified atom stereocenters. The summed E-state index contributed by atoms with van der Waals surface area (Å²) >= 11 is 0. The minimum Gasteiger partial charge on any atom is -0.380 e. The van der Waals surface area contributed by atoms with E-state index in [4.69, 9.17) is 4.74 Å². The molecule has 1 aliphatic heterocycles. The van der Waals surface area contributed by atoms with Gasteiger partial charge in [0.2, 0.25) is 5.95 Å². The Morgan fingerprint density at radius 2 is 1.75 bits per heavy atom. The van der Waals surface area contributed by atoms with Gasteiger partial charge in [-0.05, 0) is 35.9 Å². The lowest BCUT2D eigenvalue weighted by atomic mass is 10.1. The highest BCUT2D eigenvalue weighted by Gasteiger charge is 2.24. The van der Waals surface area contributed by atoms with Crippen LogP contribution >= 0.6 is 10.6 Å². The standard InChI is InChI=1S/C25H27F2N5O3S/c1-35-16-17-2-4-19(5-3-17)29-25-28-14-18-6-7-32(24(18)30-25)20-12-22(26)21(23(27)13-20)15-31-8-10-36(33,34)11-9-31/h2-7,12-14,33-34H,8-11,15-16H2,1H3,(H,28,29,30). The van der Waals surface area contributed by atoms with Crippen LogP contribution in [0.5, 0.6) is 0 Å². The fourth-order valence-corrected chi connectivity index (χ4v) is 5.50. The van der Waals surface area contributed by atoms with Crippen LogP contribution in [0.25, 0.3) is 16.7 Å². The zero-order chi connectivity index (χ0) is 25.3. The molecule has 2 aromatic carbocycles. The first-order valence-corrected chi connectivity index (χ1v) is 13.3. The van der Waals surface area contributed by atoms with Gasteiger partial charge in [-0.1, -0.05) is 12.1 Å². The van der Waals surface area contributed by atoms with Crippen molar-refractivity contribution < 1.29 is 22.6 Å². The Hall–Kier alpha value is -3.09. The van der Waals surface area contributed by atoms with E-state index in [1.54, 1.807) is 30.1 Å². The van der Waals surface area contributed by atoms with Gasteiger partial charge in [0.05, 0.1) is 23.8 Å². The molecule has 8 nitrogen and oxygen atoms in total. The Labute approximate surface area is 208 Å². The number of fused-ring (bicyclic) bond motifs is 1. The Morgan fingerprint density at radius 1 is 1.06 bits per heavy atom. The maximum Gasteiger partial charge on any atom is 0.229 e. The third kappa shape index (κ3) is 5.35. The monoisotopic (exact) mass is 515 g/mol. The first-order valence-electron chi connectivity index (χ1n) is 11.4. The van der Waals surface area contributed by atoms with Crippen molar-refractivity contribution >= 4 is 33.3 Å². The second kappa shape index (κ2) is 10.1. The molecular formula is C25H27F2N5O3S. The smallest absolute Gasteiger partial charge is 0.229 e. The molecule has 2 aromatic heterocycles. The van der Waals surface area contributed by atoms with Crippen LogP contribution in [0.1, 0.15) is 11.1 Å². The topological polar surface area (TPSA) is 95.7 Å². The van der Waals surface area contributed by atoms with Crippen LogP contribution < -0.4 is 5.32 Å². The average Bonchev–Trinajstić information content (AvgIpc) is 3.27. The van der Waals surface area contributed by atoms with Crippen LogP contribution in [0.4, 0.5) is 20.4 Å². The van der Waals surface area contributed by atoms with Crippen LogP contribution in [0, 0.1) is 11.6 Å². The van der Waals surface area contributed by atoms with Gasteiger partial charge in [-0.25, -0.2) is 13.8 Å². The lowest BCUT2D eigenvalue weighted by molar-refractivity contribution is 0.185. The average molecular weight is 516 g/mol. The van der Waals surface area contributed by atoms with Gasteiger partial charge in [0.1, 0.15) is 17.3 Å². The lowest BCUT2D eigenvalue weighted by Gasteiger charge is -2.41. The molecule has 3 N–H and O–H groups in total. The van der Waals surface area contributed by atoms with Crippen molar-refractivity contribution in [3.8, 4) is 5.69 Å². The summed E-state index contributed by atoms with van der Waals surface area (Å²) in [7, 11) is -0.926. The Morgan fingerprint density at radius 3 is 2.42 bits per heavy atom. The zero-order valence-corrected chi connectivity index (χ0v) is 20.5. The van der Waals surface area contributed by atoms with Crippen molar-refractivity contribution in [3.05, 3.63) is 77.6 Å². The molecule has 5 rings (SSSR count). The summed E-state index contributed by atoms with van der Waals surface area (Å²) < 4.78 is 56.4. The van der Waals surface area contributed by atoms with E-state index in [0.29, 0.717) is 37.0 Å². The summed E-state index contributed by atoms with van der Waals surface area (Å²) in [4.78, 5) is 10.7. The van der Waals surface area contributed by atoms with Gasteiger partial charge < -0.3 is 14.6 Å². The quantitative estimate of drug-likeness (QED) is 0.313. The van der Waals surface area contributed by atoms with Crippen molar-refractivity contribution in [1.82, 2.24) is 19.4 Å². The number of hydrogen-bond donors (Lipinski definition) is 3. The zero-order valence-electron chi connectivity index (χ0n) is 19.7. The van der Waals surface area contributed by atoms with Gasteiger partial charge in [0.15, 0.2) is 0 Å². The molecular weight excluding hydrogens is 488 g/mol. The summed E-state index contributed by atoms with van der Waals surface area (Å²) in [5, 5.41) is 3.88. The van der Waals surface area contributed by atoms with Crippen molar-refractivity contribution in [2.45, 2.75) is 13.2 Å². The summed E-state index contributed by atoms with van der Waals surface area (Å²) in [6.07, 6.45) is 3.36. The van der Waals surface area contributed by atoms with E-state index in [1.807, 2.05) is 29.2 Å². The number of nitrogens with one attached hydrogen (secondary N) is 1. The van der Waals surface area contributed by atoms with E-state index in [1.165, 1.54) is 12.1 Å². The van der Waals surface area contributed by atoms with Gasteiger partial charge in [0.25, 0.3) is 0 Å². The van der Waals surface area contributed by atoms with Crippen LogP contribution in [0.3, 0.4) is 0 Å². The number of aromatic nitrogens is 3. The molecule has 0 amide bonds. The fourth-order valence-electron chi connectivity index (χ4n) is 4.19. The summed E-state index contributed by atoms with van der Waals surface area (Å²) in [6, 6.07) is 12.0. The van der Waals surface area contributed by atoms with Gasteiger partial charge in [-0.2, -0.15) is 15.6 Å². The van der Waals surface area contributed by atoms with E-state index >= 15 is 8.78 Å². The van der Waals surface area contributed by atoms with Gasteiger partial charge in [-0.3, -0.25) is 14.0 Å². The van der Waals surface area contributed by atoms with E-state index in [0.717, 1.165) is 16.6 Å². The molecule has 0 saturated carbocycles. The molecule has 1 fully saturated rings. The SMILES string of the molecule is COCc1ccc(Nc2ncc3ccn(-c4cc(F)c(CN5CCS(O)(O)CC5)c(F)c4)c3n2)cc1. The minimum absolute atomic E-state index is 0.0394. The third-order valence-corrected chi connectivity index (χ3v) is 7.88. The second-order valence-electron chi connectivity index (χ2n) is 8.79. The van der Waals surface area contributed by atoms with Crippen LogP contribution in [-0.4, -0.2) is 60.2 Å². The fraction of sp³-hybridized carbons (Fsp3) is 0.280. The van der Waals surface area contributed by atoms with Crippen molar-refractivity contribution in [3.63, 3.8) is 0 Å². The minimum atomic E-state index is -2.57. The predicted octanol–water partition coefficient (Wildman–Crippen LogP) is 5.15. The van der Waals surface area contributed by atoms with E-state index in [9.17, 15) is 9.11 Å². The maximum absolute atomic E-state index is 15.0. The van der Waals surface area contributed by atoms with Crippen molar-refractivity contribution in [2.24, 2.45) is 0 Å². The molecule has 1 saturated heterocycles. The number of rotatable bonds is 7. The number of methoxy groups -OCH3 is 1. The van der Waals surface area contributed by atoms with Crippen LogP contribution in [-0.2, 0) is 17.9 Å². The molecule has 11 heteroatoms. The molecule has 190 valence electrons. The third-order valence-electron chi connectivity index (χ3n) is 6.20. The summed E-state index contributed by atoms with van der Waals surface area (Å²) in [5.74, 6) is -0.524. The Balaban J connectivity index is 1.38. The molecule has 3 heterocycles. The van der Waals surface area contributed by atoms with Crippen molar-refractivity contribution in [2.75, 3.05) is 37.0 Å². The highest BCUT2D eigenvalue weighted by Crippen LogP contribution is 2.40. The Bertz CT molecular complexity index is 1350. The predicted molar refractivity (Wildman–Crippen MR) is 137 cm³/mol. The number of anilines is 2. The largest absolute Gasteiger partial charge is 0.380 e. The second-order valence-corrected chi connectivity index (χ2v) is 11.2. The number of hydrogen-bond acceptors (Lipinski definition) is 7. The number of ether oxygens (including phenoxy) is 1. The van der Waals surface area contributed by atoms with Gasteiger partial charge in [-0.15, -0.1) is 0 Å². The van der Waals surface area contributed by atoms with Crippen LogP contribution in [0.2, 0.25) is 0 Å². The molecule has 0 aliphatic carbocycles. The molecule has 0 bridgehead atoms. The Kier molecular flexibility index (Phi) is 6.91. The molecule has 0 radical (unpaired) electrons. The molecule has 4 aromatic rings. The highest BCUT2D eigenvalue weighted by atomic mass is 32.3. The van der Waals surface area contributed by atoms with Crippen molar-refractivity contribution in [1.29, 1.82) is 0 Å². The van der Waals surface area contributed by atoms with Gasteiger partial charge >= 0.3 is 0 Å². The summed E-state index contributed by atoms with van der Waals surface area (Å²) in [5.41, 5.74) is 2.62. The summed E-state index contributed by atoms with van der Waals surface area (Å²) in [6.45, 7) is 1.35. The first-order chi connectivity index (χ1) is 17.3. The van der Waals surface area contributed by atoms with Gasteiger partial charge in [0, 0.05) is 55.8 Å². The number of nitrogens with zero attached hydrogens (tertiary/aromatic N) is 4. The number of benzene rings is 2. The van der Waals surface area contributed by atoms with E-state index < -0.39 is 22.2 Å². The molecule has 36 heavy (non-hydrogen) atoms. The van der Waals surface area contributed by atoms with E-state index in [-0.39, 0.29) is 23.6 Å². The molecule has 0 spiro atoms. The lowest BCUT2D eigenvalue weighted by Crippen LogP contribution is -2.38. The highest BCUT2D eigenvalue weighted by molar-refractivity contribution is 8.24. The normalized spacial score (nSPS) is 16.8. The molecule has 0 atom stereocenters. The maximum atomic E-state index is 15.0.